The number of hydrogen-bond acceptors (Lipinski definition) is 1. The van der Waals surface area contributed by atoms with Gasteiger partial charge in [-0.05, 0) is 44.0 Å². The van der Waals surface area contributed by atoms with Crippen LogP contribution in [0.1, 0.15) is 25.3 Å². The molecule has 2 atom stereocenters. The van der Waals surface area contributed by atoms with Crippen LogP contribution < -0.4 is 0 Å². The lowest BCUT2D eigenvalue weighted by Crippen LogP contribution is -2.47. The molecule has 0 N–H and O–H groups in total. The molecule has 0 aromatic heterocycles. The van der Waals surface area contributed by atoms with Crippen molar-refractivity contribution in [2.45, 2.75) is 43.5 Å². The molecule has 1 aliphatic heterocycles. The first-order valence-electron chi connectivity index (χ1n) is 5.92. The van der Waals surface area contributed by atoms with Crippen molar-refractivity contribution in [1.29, 1.82) is 0 Å². The molecule has 1 aromatic rings. The zero-order chi connectivity index (χ0) is 11.6. The van der Waals surface area contributed by atoms with E-state index in [1.54, 1.807) is 0 Å². The van der Waals surface area contributed by atoms with Gasteiger partial charge in [0.05, 0.1) is 0 Å². The van der Waals surface area contributed by atoms with Crippen molar-refractivity contribution >= 4 is 19.9 Å². The lowest BCUT2D eigenvalue weighted by Gasteiger charge is -2.40. The van der Waals surface area contributed by atoms with Gasteiger partial charge in [-0.2, -0.15) is 0 Å². The Labute approximate surface area is 104 Å². The topological polar surface area (TPSA) is 9.23 Å². The number of alkyl halides is 1. The van der Waals surface area contributed by atoms with E-state index in [-0.39, 0.29) is 0 Å². The molecule has 1 nitrogen and oxygen atoms in total. The maximum atomic E-state index is 6.34. The Hall–Kier alpha value is -0.313. The normalized spacial score (nSPS) is 34.9. The van der Waals surface area contributed by atoms with Crippen LogP contribution in [0.2, 0.25) is 12.6 Å². The van der Waals surface area contributed by atoms with Gasteiger partial charge in [-0.25, -0.2) is 0 Å². The molecule has 0 radical (unpaired) electrons. The zero-order valence-electron chi connectivity index (χ0n) is 10.0. The Bertz CT molecular complexity index is 352. The summed E-state index contributed by atoms with van der Waals surface area (Å²) >= 11 is 6.34. The molecule has 3 heteroatoms. The van der Waals surface area contributed by atoms with Crippen molar-refractivity contribution in [2.24, 2.45) is 0 Å². The summed E-state index contributed by atoms with van der Waals surface area (Å²) in [5.41, 5.74) is 1.38. The van der Waals surface area contributed by atoms with Crippen LogP contribution in [0.15, 0.2) is 30.3 Å². The Balaban J connectivity index is 2.08. The first kappa shape index (κ1) is 12.2. The molecule has 0 amide bonds. The second-order valence-electron chi connectivity index (χ2n) is 5.17. The highest BCUT2D eigenvalue weighted by Gasteiger charge is 2.40. The van der Waals surface area contributed by atoms with E-state index in [4.69, 9.17) is 16.0 Å². The summed E-state index contributed by atoms with van der Waals surface area (Å²) in [7, 11) is -1.64. The largest absolute Gasteiger partial charge is 0.399 e. The van der Waals surface area contributed by atoms with Gasteiger partial charge < -0.3 is 4.43 Å². The maximum absolute atomic E-state index is 6.34. The second kappa shape index (κ2) is 4.51. The minimum atomic E-state index is -1.64. The predicted molar refractivity (Wildman–Crippen MR) is 71.1 cm³/mol. The lowest BCUT2D eigenvalue weighted by atomic mass is 10.2. The van der Waals surface area contributed by atoms with Crippen LogP contribution in [0.25, 0.3) is 0 Å². The van der Waals surface area contributed by atoms with E-state index in [1.807, 2.05) is 6.92 Å². The highest BCUT2D eigenvalue weighted by molar-refractivity contribution is 6.72. The zero-order valence-corrected chi connectivity index (χ0v) is 11.8. The predicted octanol–water partition coefficient (Wildman–Crippen LogP) is 4.11. The smallest absolute Gasteiger partial charge is 0.196 e. The molecule has 2 rings (SSSR count). The van der Waals surface area contributed by atoms with Crippen LogP contribution in [0.5, 0.6) is 0 Å². The maximum Gasteiger partial charge on any atom is 0.196 e. The fraction of sp³-hybridized carbons (Fsp3) is 0.538. The third kappa shape index (κ3) is 3.09. The van der Waals surface area contributed by atoms with Crippen LogP contribution >= 0.6 is 11.6 Å². The van der Waals surface area contributed by atoms with Crippen molar-refractivity contribution in [3.05, 3.63) is 35.9 Å². The molecule has 1 saturated heterocycles. The molecule has 0 aliphatic carbocycles. The highest BCUT2D eigenvalue weighted by Crippen LogP contribution is 2.37. The summed E-state index contributed by atoms with van der Waals surface area (Å²) < 4.78 is 6.17. The van der Waals surface area contributed by atoms with E-state index in [1.165, 1.54) is 18.0 Å². The average Bonchev–Trinajstić information content (AvgIpc) is 2.16. The van der Waals surface area contributed by atoms with E-state index < -0.39 is 13.4 Å². The Morgan fingerprint density at radius 2 is 2.06 bits per heavy atom. The fourth-order valence-electron chi connectivity index (χ4n) is 2.55. The van der Waals surface area contributed by atoms with E-state index >= 15 is 0 Å². The average molecular weight is 255 g/mol. The van der Waals surface area contributed by atoms with Gasteiger partial charge in [0.2, 0.25) is 0 Å². The summed E-state index contributed by atoms with van der Waals surface area (Å²) in [5, 5.41) is -0.423. The van der Waals surface area contributed by atoms with E-state index in [0.29, 0.717) is 0 Å². The Morgan fingerprint density at radius 3 is 2.69 bits per heavy atom. The Morgan fingerprint density at radius 1 is 1.38 bits per heavy atom. The SMILES string of the molecule is CC1(Cl)CCC[Si](C)(Cc2ccccc2)O1. The molecular formula is C13H19ClOSi. The quantitative estimate of drug-likeness (QED) is 0.570. The van der Waals surface area contributed by atoms with Gasteiger partial charge in [-0.1, -0.05) is 41.9 Å². The molecule has 0 spiro atoms. The summed E-state index contributed by atoms with van der Waals surface area (Å²) in [5.74, 6) is 0. The van der Waals surface area contributed by atoms with Crippen LogP contribution in [-0.2, 0) is 10.5 Å². The second-order valence-corrected chi connectivity index (χ2v) is 9.93. The molecule has 88 valence electrons. The van der Waals surface area contributed by atoms with Gasteiger partial charge in [0.15, 0.2) is 8.32 Å². The van der Waals surface area contributed by atoms with Crippen molar-refractivity contribution in [3.8, 4) is 0 Å². The summed E-state index contributed by atoms with van der Waals surface area (Å²) in [6, 6.07) is 12.9. The molecule has 1 aromatic carbocycles. The minimum absolute atomic E-state index is 0.423. The molecule has 1 aliphatic rings. The number of hydrogen-bond donors (Lipinski definition) is 0. The van der Waals surface area contributed by atoms with Crippen molar-refractivity contribution < 1.29 is 4.43 Å². The van der Waals surface area contributed by atoms with Crippen LogP contribution in [-0.4, -0.2) is 13.4 Å². The van der Waals surface area contributed by atoms with Gasteiger partial charge in [0.1, 0.15) is 5.06 Å². The van der Waals surface area contributed by atoms with E-state index in [2.05, 4.69) is 36.9 Å². The molecule has 1 heterocycles. The van der Waals surface area contributed by atoms with Crippen LogP contribution in [0, 0.1) is 0 Å². The summed E-state index contributed by atoms with van der Waals surface area (Å²) in [6.45, 7) is 4.31. The van der Waals surface area contributed by atoms with Crippen molar-refractivity contribution in [1.82, 2.24) is 0 Å². The first-order valence-corrected chi connectivity index (χ1v) is 9.12. The molecule has 0 bridgehead atoms. The summed E-state index contributed by atoms with van der Waals surface area (Å²) in [4.78, 5) is 0. The molecule has 1 fully saturated rings. The van der Waals surface area contributed by atoms with E-state index in [0.717, 1.165) is 12.5 Å². The van der Waals surface area contributed by atoms with Crippen LogP contribution in [0.3, 0.4) is 0 Å². The Kier molecular flexibility index (Phi) is 3.43. The number of benzene rings is 1. The first-order chi connectivity index (χ1) is 7.49. The molecular weight excluding hydrogens is 236 g/mol. The van der Waals surface area contributed by atoms with Gasteiger partial charge in [0, 0.05) is 0 Å². The number of rotatable bonds is 2. The van der Waals surface area contributed by atoms with Gasteiger partial charge in [0.25, 0.3) is 0 Å². The fourth-order valence-corrected chi connectivity index (χ4v) is 6.74. The lowest BCUT2D eigenvalue weighted by molar-refractivity contribution is 0.133. The molecule has 0 saturated carbocycles. The standard InChI is InChI=1S/C13H19ClOSi/c1-13(14)9-6-10-16(2,15-13)11-12-7-4-3-5-8-12/h3-5,7-8H,6,9-11H2,1-2H3. The van der Waals surface area contributed by atoms with Gasteiger partial charge in [-0.15, -0.1) is 0 Å². The third-order valence-corrected chi connectivity index (χ3v) is 7.12. The minimum Gasteiger partial charge on any atom is -0.399 e. The number of halogens is 1. The van der Waals surface area contributed by atoms with Gasteiger partial charge in [-0.3, -0.25) is 0 Å². The van der Waals surface area contributed by atoms with Crippen molar-refractivity contribution in [2.75, 3.05) is 0 Å². The summed E-state index contributed by atoms with van der Waals surface area (Å²) in [6.07, 6.45) is 2.18. The van der Waals surface area contributed by atoms with Crippen LogP contribution in [0.4, 0.5) is 0 Å². The molecule has 2 unspecified atom stereocenters. The van der Waals surface area contributed by atoms with Gasteiger partial charge >= 0.3 is 0 Å². The highest BCUT2D eigenvalue weighted by atomic mass is 35.5. The van der Waals surface area contributed by atoms with Crippen molar-refractivity contribution in [3.63, 3.8) is 0 Å². The van der Waals surface area contributed by atoms with E-state index in [9.17, 15) is 0 Å². The monoisotopic (exact) mass is 254 g/mol. The third-order valence-electron chi connectivity index (χ3n) is 3.21. The molecule has 16 heavy (non-hydrogen) atoms.